The van der Waals surface area contributed by atoms with Crippen LogP contribution in [0.4, 0.5) is 13.2 Å². The van der Waals surface area contributed by atoms with Gasteiger partial charge in [-0.05, 0) is 17.9 Å². The Labute approximate surface area is 50.4 Å². The third-order valence-electron chi connectivity index (χ3n) is 1.90. The van der Waals surface area contributed by atoms with Crippen LogP contribution in [-0.2, 0) is 0 Å². The molecule has 2 rings (SSSR count). The molecule has 0 N–H and O–H groups in total. The van der Waals surface area contributed by atoms with Crippen molar-refractivity contribution in [3.63, 3.8) is 0 Å². The molecule has 0 heterocycles. The highest BCUT2D eigenvalue weighted by Crippen LogP contribution is 2.57. The molecule has 0 nitrogen and oxygen atoms in total. The predicted molar refractivity (Wildman–Crippen MR) is 25.8 cm³/mol. The fourth-order valence-corrected chi connectivity index (χ4v) is 1.30. The van der Waals surface area contributed by atoms with Gasteiger partial charge in [-0.3, -0.25) is 0 Å². The highest BCUT2D eigenvalue weighted by Gasteiger charge is 2.55. The first-order valence-corrected chi connectivity index (χ1v) is 2.88. The van der Waals surface area contributed by atoms with Crippen LogP contribution in [-0.4, -0.2) is 5.92 Å². The van der Waals surface area contributed by atoms with E-state index in [9.17, 15) is 13.2 Å². The van der Waals surface area contributed by atoms with Crippen LogP contribution < -0.4 is 0 Å². The highest BCUT2D eigenvalue weighted by atomic mass is 19.3. The number of hydrogen-bond donors (Lipinski definition) is 0. The fourth-order valence-electron chi connectivity index (χ4n) is 1.30. The summed E-state index contributed by atoms with van der Waals surface area (Å²) in [4.78, 5) is 0. The molecular formula is C6H5F3. The third-order valence-corrected chi connectivity index (χ3v) is 1.90. The molecule has 2 aliphatic rings. The number of halogens is 3. The summed E-state index contributed by atoms with van der Waals surface area (Å²) in [6.45, 7) is 0. The molecule has 0 aromatic rings. The second kappa shape index (κ2) is 1.18. The average molecular weight is 134 g/mol. The van der Waals surface area contributed by atoms with Crippen LogP contribution in [0.3, 0.4) is 0 Å². The van der Waals surface area contributed by atoms with Crippen molar-refractivity contribution in [1.82, 2.24) is 0 Å². The topological polar surface area (TPSA) is 0 Å². The van der Waals surface area contributed by atoms with Gasteiger partial charge in [0, 0.05) is 6.42 Å². The van der Waals surface area contributed by atoms with E-state index in [0.717, 1.165) is 0 Å². The van der Waals surface area contributed by atoms with E-state index < -0.39 is 11.7 Å². The van der Waals surface area contributed by atoms with E-state index in [4.69, 9.17) is 0 Å². The van der Waals surface area contributed by atoms with Gasteiger partial charge in [-0.25, -0.2) is 4.39 Å². The zero-order valence-corrected chi connectivity index (χ0v) is 4.63. The number of hydrogen-bond acceptors (Lipinski definition) is 0. The molecule has 3 heteroatoms. The van der Waals surface area contributed by atoms with E-state index in [1.807, 2.05) is 0 Å². The van der Waals surface area contributed by atoms with Gasteiger partial charge in [-0.2, -0.15) is 8.78 Å². The molecule has 0 saturated heterocycles. The molecule has 0 aromatic carbocycles. The van der Waals surface area contributed by atoms with Crippen LogP contribution in [0.1, 0.15) is 12.8 Å². The van der Waals surface area contributed by atoms with Crippen molar-refractivity contribution < 1.29 is 13.2 Å². The lowest BCUT2D eigenvalue weighted by atomic mass is 10.2. The van der Waals surface area contributed by atoms with E-state index in [1.165, 1.54) is 0 Å². The molecule has 0 amide bonds. The first-order chi connectivity index (χ1) is 4.11. The van der Waals surface area contributed by atoms with Crippen molar-refractivity contribution >= 4 is 0 Å². The zero-order valence-electron chi connectivity index (χ0n) is 4.63. The Morgan fingerprint density at radius 3 is 2.33 bits per heavy atom. The van der Waals surface area contributed by atoms with E-state index in [-0.39, 0.29) is 12.3 Å². The maximum absolute atomic E-state index is 12.3. The molecule has 1 saturated carbocycles. The molecule has 50 valence electrons. The summed E-state index contributed by atoms with van der Waals surface area (Å²) in [7, 11) is 0. The highest BCUT2D eigenvalue weighted by molar-refractivity contribution is 5.37. The Bertz CT molecular complexity index is 192. The monoisotopic (exact) mass is 134 g/mol. The van der Waals surface area contributed by atoms with Crippen molar-refractivity contribution in [2.45, 2.75) is 18.8 Å². The van der Waals surface area contributed by atoms with E-state index >= 15 is 0 Å². The Morgan fingerprint density at radius 1 is 1.44 bits per heavy atom. The van der Waals surface area contributed by atoms with Crippen molar-refractivity contribution in [3.05, 3.63) is 11.4 Å². The molecule has 1 fully saturated rings. The molecular weight excluding hydrogens is 129 g/mol. The lowest BCUT2D eigenvalue weighted by Crippen LogP contribution is -2.13. The van der Waals surface area contributed by atoms with Crippen LogP contribution in [0.5, 0.6) is 0 Å². The number of alkyl halides is 2. The van der Waals surface area contributed by atoms with Crippen LogP contribution in [0.2, 0.25) is 0 Å². The van der Waals surface area contributed by atoms with Gasteiger partial charge in [0.2, 0.25) is 0 Å². The quantitative estimate of drug-likeness (QED) is 0.476. The van der Waals surface area contributed by atoms with Gasteiger partial charge >= 0.3 is 0 Å². The van der Waals surface area contributed by atoms with Gasteiger partial charge in [0.05, 0.1) is 0 Å². The molecule has 1 unspecified atom stereocenters. The first kappa shape index (κ1) is 5.33. The minimum atomic E-state index is -3.11. The van der Waals surface area contributed by atoms with Crippen molar-refractivity contribution in [3.8, 4) is 0 Å². The zero-order chi connectivity index (χ0) is 6.65. The summed E-state index contributed by atoms with van der Waals surface area (Å²) in [5.41, 5.74) is 0.361. The van der Waals surface area contributed by atoms with Crippen LogP contribution >= 0.6 is 0 Å². The number of rotatable bonds is 0. The van der Waals surface area contributed by atoms with Gasteiger partial charge in [0.1, 0.15) is 0 Å². The van der Waals surface area contributed by atoms with Crippen LogP contribution in [0.25, 0.3) is 0 Å². The van der Waals surface area contributed by atoms with Crippen molar-refractivity contribution in [2.24, 2.45) is 5.92 Å². The van der Waals surface area contributed by atoms with Gasteiger partial charge in [-0.15, -0.1) is 0 Å². The van der Waals surface area contributed by atoms with Gasteiger partial charge in [0.25, 0.3) is 5.92 Å². The normalized spacial score (nSPS) is 37.0. The lowest BCUT2D eigenvalue weighted by molar-refractivity contribution is 0.0136. The second-order valence-corrected chi connectivity index (χ2v) is 2.65. The standard InChI is InChI=1S/C6H5F3/c7-5-4-1-3(4)2-6(5,8)9/h3H,1-2H2. The van der Waals surface area contributed by atoms with Crippen molar-refractivity contribution in [2.75, 3.05) is 0 Å². The summed E-state index contributed by atoms with van der Waals surface area (Å²) < 4.78 is 36.6. The maximum atomic E-state index is 12.3. The van der Waals surface area contributed by atoms with Gasteiger partial charge < -0.3 is 0 Å². The summed E-state index contributed by atoms with van der Waals surface area (Å²) in [5, 5.41) is 0. The summed E-state index contributed by atoms with van der Waals surface area (Å²) >= 11 is 0. The molecule has 9 heavy (non-hydrogen) atoms. The van der Waals surface area contributed by atoms with Crippen LogP contribution in [0, 0.1) is 5.92 Å². The fraction of sp³-hybridized carbons (Fsp3) is 0.667. The Balaban J connectivity index is 2.38. The van der Waals surface area contributed by atoms with Gasteiger partial charge in [-0.1, -0.05) is 0 Å². The van der Waals surface area contributed by atoms with E-state index in [2.05, 4.69) is 0 Å². The summed E-state index contributed by atoms with van der Waals surface area (Å²) in [5.74, 6) is -4.37. The van der Waals surface area contributed by atoms with Crippen molar-refractivity contribution in [1.29, 1.82) is 0 Å². The van der Waals surface area contributed by atoms with E-state index in [1.54, 1.807) is 0 Å². The SMILES string of the molecule is FC1=C2CC2CC1(F)F. The largest absolute Gasteiger partial charge is 0.299 e. The second-order valence-electron chi connectivity index (χ2n) is 2.65. The molecule has 0 aromatic heterocycles. The minimum absolute atomic E-state index is 0.111. The first-order valence-electron chi connectivity index (χ1n) is 2.88. The maximum Gasteiger partial charge on any atom is 0.299 e. The lowest BCUT2D eigenvalue weighted by Gasteiger charge is -2.07. The Hall–Kier alpha value is -0.470. The van der Waals surface area contributed by atoms with E-state index in [0.29, 0.717) is 12.0 Å². The molecule has 0 aliphatic heterocycles. The molecule has 2 aliphatic carbocycles. The number of allylic oxidation sites excluding steroid dienone is 2. The number of fused-ring (bicyclic) bond motifs is 1. The third kappa shape index (κ3) is 0.546. The minimum Gasteiger partial charge on any atom is -0.205 e. The predicted octanol–water partition coefficient (Wildman–Crippen LogP) is 2.27. The molecule has 0 spiro atoms. The Morgan fingerprint density at radius 2 is 2.11 bits per heavy atom. The Kier molecular flexibility index (Phi) is 0.695. The van der Waals surface area contributed by atoms with Gasteiger partial charge in [0.15, 0.2) is 5.83 Å². The molecule has 0 bridgehead atoms. The smallest absolute Gasteiger partial charge is 0.205 e. The van der Waals surface area contributed by atoms with Crippen LogP contribution in [0.15, 0.2) is 11.4 Å². The molecule has 0 radical (unpaired) electrons. The summed E-state index contributed by atoms with van der Waals surface area (Å²) in [6, 6.07) is 0. The molecule has 1 atom stereocenters. The summed E-state index contributed by atoms with van der Waals surface area (Å²) in [6.07, 6.45) is 0.287. The average Bonchev–Trinajstić information content (AvgIpc) is 2.39.